The van der Waals surface area contributed by atoms with Crippen LogP contribution in [0.25, 0.3) is 10.9 Å². The Morgan fingerprint density at radius 2 is 1.87 bits per heavy atom. The number of nitrogens with zero attached hydrogens (tertiary/aromatic N) is 1. The van der Waals surface area contributed by atoms with Gasteiger partial charge < -0.3 is 15.6 Å². The Kier molecular flexibility index (Phi) is 5.59. The number of carbonyl (C=O) groups excluding carboxylic acids is 1. The highest BCUT2D eigenvalue weighted by Gasteiger charge is 2.51. The molecule has 1 amide bonds. The third-order valence-electron chi connectivity index (χ3n) is 6.05. The fraction of sp³-hybridized carbons (Fsp3) is 0.292. The van der Waals surface area contributed by atoms with Crippen LogP contribution in [0.5, 0.6) is 5.75 Å². The van der Waals surface area contributed by atoms with Gasteiger partial charge in [-0.25, -0.2) is 9.37 Å². The van der Waals surface area contributed by atoms with Crippen LogP contribution in [-0.4, -0.2) is 22.0 Å². The fourth-order valence-electron chi connectivity index (χ4n) is 4.54. The highest BCUT2D eigenvalue weighted by atomic mass is 19.1. The van der Waals surface area contributed by atoms with Crippen LogP contribution in [0.4, 0.5) is 4.39 Å². The first kappa shape index (κ1) is 20.8. The Hall–Kier alpha value is -3.48. The minimum absolute atomic E-state index is 0.140. The summed E-state index contributed by atoms with van der Waals surface area (Å²) in [5.41, 5.74) is 6.17. The number of carboxylic acid groups (broad SMARTS) is 1. The van der Waals surface area contributed by atoms with Crippen molar-refractivity contribution in [1.82, 2.24) is 4.98 Å². The fourth-order valence-corrected chi connectivity index (χ4v) is 4.54. The van der Waals surface area contributed by atoms with Gasteiger partial charge in [0, 0.05) is 11.5 Å². The maximum atomic E-state index is 13.5. The molecule has 4 rings (SSSR count). The molecular formula is C24H23FN2O4. The summed E-state index contributed by atoms with van der Waals surface area (Å²) >= 11 is 0. The predicted molar refractivity (Wildman–Crippen MR) is 113 cm³/mol. The number of fused-ring (bicyclic) bond motifs is 1. The topological polar surface area (TPSA) is 103 Å². The summed E-state index contributed by atoms with van der Waals surface area (Å²) in [6.45, 7) is 0.140. The molecule has 1 atom stereocenters. The SMILES string of the molecule is NC(=O)C(c1cccc(OCc2ccc3ccc(F)cc3n2)c1)C1(C(=O)O)CCCC1. The molecule has 7 heteroatoms. The van der Waals surface area contributed by atoms with E-state index in [0.29, 0.717) is 35.4 Å². The summed E-state index contributed by atoms with van der Waals surface area (Å²) in [5.74, 6) is -2.46. The molecule has 3 N–H and O–H groups in total. The number of halogens is 1. The summed E-state index contributed by atoms with van der Waals surface area (Å²) in [4.78, 5) is 28.8. The van der Waals surface area contributed by atoms with E-state index in [1.165, 1.54) is 12.1 Å². The number of hydrogen-bond acceptors (Lipinski definition) is 4. The van der Waals surface area contributed by atoms with Crippen molar-refractivity contribution in [2.75, 3.05) is 0 Å². The standard InChI is InChI=1S/C24H23FN2O4/c25-17-8-6-15-7-9-18(27-20(15)13-17)14-31-19-5-3-4-16(12-19)21(22(26)28)24(23(29)30)10-1-2-11-24/h3-9,12-13,21H,1-2,10-11,14H2,(H2,26,28)(H,29,30). The second-order valence-electron chi connectivity index (χ2n) is 8.00. The predicted octanol–water partition coefficient (Wildman–Crippen LogP) is 4.17. The Morgan fingerprint density at radius 1 is 1.13 bits per heavy atom. The van der Waals surface area contributed by atoms with Gasteiger partial charge in [0.05, 0.1) is 22.5 Å². The van der Waals surface area contributed by atoms with Crippen LogP contribution in [0.3, 0.4) is 0 Å². The number of aliphatic carboxylic acids is 1. The molecule has 1 unspecified atom stereocenters. The lowest BCUT2D eigenvalue weighted by molar-refractivity contribution is -0.152. The largest absolute Gasteiger partial charge is 0.487 e. The summed E-state index contributed by atoms with van der Waals surface area (Å²) in [6.07, 6.45) is 2.33. The van der Waals surface area contributed by atoms with Crippen LogP contribution in [0.15, 0.2) is 54.6 Å². The zero-order valence-electron chi connectivity index (χ0n) is 16.9. The lowest BCUT2D eigenvalue weighted by Crippen LogP contribution is -2.41. The number of ether oxygens (including phenoxy) is 1. The number of primary amides is 1. The number of carbonyl (C=O) groups is 2. The minimum atomic E-state index is -1.19. The average Bonchev–Trinajstić information content (AvgIpc) is 3.23. The molecule has 6 nitrogen and oxygen atoms in total. The van der Waals surface area contributed by atoms with Gasteiger partial charge in [0.1, 0.15) is 18.2 Å². The lowest BCUT2D eigenvalue weighted by atomic mass is 9.70. The molecule has 1 aromatic heterocycles. The monoisotopic (exact) mass is 422 g/mol. The number of hydrogen-bond donors (Lipinski definition) is 2. The van der Waals surface area contributed by atoms with Crippen molar-refractivity contribution in [3.63, 3.8) is 0 Å². The molecular weight excluding hydrogens is 399 g/mol. The van der Waals surface area contributed by atoms with Crippen molar-refractivity contribution in [3.05, 3.63) is 71.7 Å². The van der Waals surface area contributed by atoms with Crippen molar-refractivity contribution in [2.45, 2.75) is 38.2 Å². The van der Waals surface area contributed by atoms with Crippen LogP contribution in [0.1, 0.15) is 42.9 Å². The smallest absolute Gasteiger partial charge is 0.310 e. The van der Waals surface area contributed by atoms with Crippen LogP contribution in [0, 0.1) is 11.2 Å². The minimum Gasteiger partial charge on any atom is -0.487 e. The van der Waals surface area contributed by atoms with Crippen LogP contribution >= 0.6 is 0 Å². The normalized spacial score (nSPS) is 16.2. The second kappa shape index (κ2) is 8.34. The maximum absolute atomic E-state index is 13.5. The van der Waals surface area contributed by atoms with Gasteiger partial charge in [-0.2, -0.15) is 0 Å². The quantitative estimate of drug-likeness (QED) is 0.595. The van der Waals surface area contributed by atoms with Gasteiger partial charge in [0.2, 0.25) is 5.91 Å². The first-order chi connectivity index (χ1) is 14.9. The van der Waals surface area contributed by atoms with Gasteiger partial charge in [0.25, 0.3) is 0 Å². The molecule has 0 saturated heterocycles. The van der Waals surface area contributed by atoms with Gasteiger partial charge in [-0.15, -0.1) is 0 Å². The molecule has 0 radical (unpaired) electrons. The summed E-state index contributed by atoms with van der Waals surface area (Å²) in [6, 6.07) is 14.9. The third-order valence-corrected chi connectivity index (χ3v) is 6.05. The zero-order valence-corrected chi connectivity index (χ0v) is 16.9. The number of rotatable bonds is 7. The number of pyridine rings is 1. The van der Waals surface area contributed by atoms with E-state index in [0.717, 1.165) is 18.2 Å². The van der Waals surface area contributed by atoms with Gasteiger partial charge >= 0.3 is 5.97 Å². The van der Waals surface area contributed by atoms with E-state index < -0.39 is 23.2 Å². The molecule has 0 bridgehead atoms. The Bertz CT molecular complexity index is 1140. The molecule has 31 heavy (non-hydrogen) atoms. The summed E-state index contributed by atoms with van der Waals surface area (Å²) < 4.78 is 19.3. The molecule has 3 aromatic rings. The van der Waals surface area contributed by atoms with Crippen LogP contribution < -0.4 is 10.5 Å². The van der Waals surface area contributed by atoms with Crippen LogP contribution in [0.2, 0.25) is 0 Å². The maximum Gasteiger partial charge on any atom is 0.310 e. The Labute approximate surface area is 178 Å². The van der Waals surface area contributed by atoms with Crippen molar-refractivity contribution in [3.8, 4) is 5.75 Å². The lowest BCUT2D eigenvalue weighted by Gasteiger charge is -2.32. The molecule has 0 spiro atoms. The zero-order chi connectivity index (χ0) is 22.0. The molecule has 160 valence electrons. The number of carboxylic acids is 1. The number of nitrogens with two attached hydrogens (primary N) is 1. The van der Waals surface area contributed by atoms with Crippen LogP contribution in [-0.2, 0) is 16.2 Å². The number of aromatic nitrogens is 1. The van der Waals surface area contributed by atoms with Gasteiger partial charge in [0.15, 0.2) is 0 Å². The first-order valence-corrected chi connectivity index (χ1v) is 10.2. The summed E-state index contributed by atoms with van der Waals surface area (Å²) in [7, 11) is 0. The van der Waals surface area contributed by atoms with Crippen molar-refractivity contribution < 1.29 is 23.8 Å². The molecule has 1 saturated carbocycles. The molecule has 1 aliphatic rings. The highest BCUT2D eigenvalue weighted by molar-refractivity contribution is 5.90. The molecule has 1 fully saturated rings. The van der Waals surface area contributed by atoms with Gasteiger partial charge in [-0.05, 0) is 48.7 Å². The first-order valence-electron chi connectivity index (χ1n) is 10.2. The number of amides is 1. The third kappa shape index (κ3) is 4.08. The summed E-state index contributed by atoms with van der Waals surface area (Å²) in [5, 5.41) is 10.7. The Morgan fingerprint density at radius 3 is 2.58 bits per heavy atom. The Balaban J connectivity index is 1.57. The van der Waals surface area contributed by atoms with Crippen molar-refractivity contribution >= 4 is 22.8 Å². The van der Waals surface area contributed by atoms with E-state index in [1.807, 2.05) is 6.07 Å². The van der Waals surface area contributed by atoms with Crippen molar-refractivity contribution in [1.29, 1.82) is 0 Å². The molecule has 2 aromatic carbocycles. The van der Waals surface area contributed by atoms with Gasteiger partial charge in [-0.3, -0.25) is 9.59 Å². The van der Waals surface area contributed by atoms with Gasteiger partial charge in [-0.1, -0.05) is 31.0 Å². The van der Waals surface area contributed by atoms with Crippen molar-refractivity contribution in [2.24, 2.45) is 11.1 Å². The van der Waals surface area contributed by atoms with E-state index in [9.17, 15) is 19.1 Å². The molecule has 0 aliphatic heterocycles. The van der Waals surface area contributed by atoms with E-state index >= 15 is 0 Å². The molecule has 1 heterocycles. The van der Waals surface area contributed by atoms with E-state index in [4.69, 9.17) is 10.5 Å². The second-order valence-corrected chi connectivity index (χ2v) is 8.00. The number of benzene rings is 2. The van der Waals surface area contributed by atoms with E-state index in [-0.39, 0.29) is 12.4 Å². The molecule has 1 aliphatic carbocycles. The highest BCUT2D eigenvalue weighted by Crippen LogP contribution is 2.49. The average molecular weight is 422 g/mol. The van der Waals surface area contributed by atoms with E-state index in [1.54, 1.807) is 36.4 Å². The van der Waals surface area contributed by atoms with E-state index in [2.05, 4.69) is 4.98 Å².